The number of phenols is 2. The number of hydrogen-bond acceptors (Lipinski definition) is 11. The van der Waals surface area contributed by atoms with E-state index in [0.29, 0.717) is 11.1 Å². The minimum atomic E-state index is -4.55. The summed E-state index contributed by atoms with van der Waals surface area (Å²) in [6, 6.07) is 15.6. The van der Waals surface area contributed by atoms with E-state index in [2.05, 4.69) is 0 Å². The number of carbonyl (C=O) groups excluding carboxylic acids is 1. The second-order valence-electron chi connectivity index (χ2n) is 8.59. The van der Waals surface area contributed by atoms with Gasteiger partial charge in [-0.05, 0) is 41.5 Å². The highest BCUT2D eigenvalue weighted by Gasteiger charge is 2.53. The first-order valence-corrected chi connectivity index (χ1v) is 12.5. The number of hydrogen-bond donors (Lipinski definition) is 5. The fraction of sp³-hybridized carbons (Fsp3) is 0.240. The lowest BCUT2D eigenvalue weighted by atomic mass is 9.80. The molecule has 2 aliphatic heterocycles. The van der Waals surface area contributed by atoms with Crippen LogP contribution in [0.4, 0.5) is 0 Å². The molecule has 11 nitrogen and oxygen atoms in total. The number of benzene rings is 3. The van der Waals surface area contributed by atoms with E-state index in [1.165, 1.54) is 66.7 Å². The Morgan fingerprint density at radius 1 is 0.892 bits per heavy atom. The first kappa shape index (κ1) is 25.1. The van der Waals surface area contributed by atoms with E-state index in [1.807, 2.05) is 0 Å². The van der Waals surface area contributed by atoms with Crippen LogP contribution in [0.1, 0.15) is 16.7 Å². The van der Waals surface area contributed by atoms with Crippen molar-refractivity contribution < 1.29 is 52.4 Å². The van der Waals surface area contributed by atoms with Gasteiger partial charge in [0.15, 0.2) is 5.60 Å². The fourth-order valence-electron chi connectivity index (χ4n) is 4.53. The Morgan fingerprint density at radius 2 is 1.46 bits per heavy atom. The number of carbonyl (C=O) groups is 1. The van der Waals surface area contributed by atoms with E-state index in [9.17, 15) is 38.7 Å². The third-order valence-electron chi connectivity index (χ3n) is 6.33. The fourth-order valence-corrected chi connectivity index (χ4v) is 6.07. The second-order valence-corrected chi connectivity index (χ2v) is 10.1. The zero-order valence-corrected chi connectivity index (χ0v) is 19.8. The van der Waals surface area contributed by atoms with Crippen LogP contribution in [0, 0.1) is 0 Å². The zero-order valence-electron chi connectivity index (χ0n) is 19.0. The third-order valence-corrected chi connectivity index (χ3v) is 7.72. The number of phenolic OH excluding ortho intramolecular Hbond substituents is 2. The van der Waals surface area contributed by atoms with Crippen molar-refractivity contribution in [2.75, 3.05) is 6.61 Å². The van der Waals surface area contributed by atoms with Gasteiger partial charge < -0.3 is 35.0 Å². The van der Waals surface area contributed by atoms with Crippen molar-refractivity contribution in [3.05, 3.63) is 83.4 Å². The number of ether oxygens (including phenoxy) is 2. The molecule has 1 unspecified atom stereocenters. The van der Waals surface area contributed by atoms with Crippen molar-refractivity contribution in [3.8, 4) is 17.2 Å². The summed E-state index contributed by atoms with van der Waals surface area (Å²) in [5.74, 6) is -1.50. The molecule has 0 aliphatic carbocycles. The van der Waals surface area contributed by atoms with Crippen LogP contribution in [-0.2, 0) is 29.4 Å². The predicted octanol–water partition coefficient (Wildman–Crippen LogP) is 0.495. The number of rotatable bonds is 5. The Hall–Kier alpha value is -3.52. The first-order chi connectivity index (χ1) is 17.6. The molecule has 2 heterocycles. The topological polar surface area (TPSA) is 180 Å². The number of aliphatic hydroxyl groups excluding tert-OH is 3. The van der Waals surface area contributed by atoms with Gasteiger partial charge in [-0.1, -0.05) is 36.4 Å². The summed E-state index contributed by atoms with van der Waals surface area (Å²) in [7, 11) is -4.55. The molecule has 37 heavy (non-hydrogen) atoms. The van der Waals surface area contributed by atoms with Gasteiger partial charge in [-0.3, -0.25) is 4.79 Å². The van der Waals surface area contributed by atoms with Gasteiger partial charge in [-0.25, -0.2) is 4.18 Å². The van der Waals surface area contributed by atoms with Crippen LogP contribution in [-0.4, -0.2) is 70.9 Å². The first-order valence-electron chi connectivity index (χ1n) is 11.1. The molecule has 5 N–H and O–H groups in total. The summed E-state index contributed by atoms with van der Waals surface area (Å²) in [5, 5.41) is 49.0. The summed E-state index contributed by atoms with van der Waals surface area (Å²) in [6.07, 6.45) is -6.79. The lowest BCUT2D eigenvalue weighted by Crippen LogP contribution is -2.57. The molecule has 0 radical (unpaired) electrons. The average Bonchev–Trinajstić information content (AvgIpc) is 3.13. The Balaban J connectivity index is 1.68. The van der Waals surface area contributed by atoms with Crippen LogP contribution < -0.4 is 4.74 Å². The van der Waals surface area contributed by atoms with Crippen molar-refractivity contribution >= 4 is 15.9 Å². The van der Waals surface area contributed by atoms with Gasteiger partial charge in [0, 0.05) is 5.56 Å². The van der Waals surface area contributed by atoms with Crippen molar-refractivity contribution in [1.82, 2.24) is 0 Å². The summed E-state index contributed by atoms with van der Waals surface area (Å²) >= 11 is 0. The Labute approximate surface area is 210 Å². The number of aromatic hydroxyl groups is 2. The quantitative estimate of drug-likeness (QED) is 0.290. The molecule has 1 fully saturated rings. The molecule has 5 rings (SSSR count). The summed E-state index contributed by atoms with van der Waals surface area (Å²) in [4.78, 5) is 12.1. The molecule has 2 aliphatic rings. The highest BCUT2D eigenvalue weighted by Crippen LogP contribution is 2.53. The average molecular weight is 531 g/mol. The molecule has 0 saturated carbocycles. The van der Waals surface area contributed by atoms with Gasteiger partial charge in [0.05, 0.1) is 6.61 Å². The van der Waals surface area contributed by atoms with Crippen LogP contribution >= 0.6 is 0 Å². The van der Waals surface area contributed by atoms with Gasteiger partial charge in [0.1, 0.15) is 40.5 Å². The van der Waals surface area contributed by atoms with Gasteiger partial charge in [-0.2, -0.15) is 8.42 Å². The third kappa shape index (κ3) is 4.03. The molecule has 12 heteroatoms. The monoisotopic (exact) mass is 530 g/mol. The summed E-state index contributed by atoms with van der Waals surface area (Å²) in [5.41, 5.74) is -0.974. The van der Waals surface area contributed by atoms with Crippen LogP contribution in [0.3, 0.4) is 0 Å². The van der Waals surface area contributed by atoms with E-state index in [4.69, 9.17) is 13.7 Å². The number of aliphatic hydroxyl groups is 3. The normalized spacial score (nSPS) is 26.0. The van der Waals surface area contributed by atoms with E-state index >= 15 is 0 Å². The van der Waals surface area contributed by atoms with Crippen molar-refractivity contribution in [3.63, 3.8) is 0 Å². The zero-order chi connectivity index (χ0) is 26.5. The highest BCUT2D eigenvalue weighted by atomic mass is 32.2. The van der Waals surface area contributed by atoms with Crippen LogP contribution in [0.25, 0.3) is 0 Å². The lowest BCUT2D eigenvalue weighted by molar-refractivity contribution is -0.220. The smallest absolute Gasteiger partial charge is 0.302 e. The Kier molecular flexibility index (Phi) is 6.18. The minimum absolute atomic E-state index is 0.0603. The molecule has 0 bridgehead atoms. The van der Waals surface area contributed by atoms with Gasteiger partial charge in [0.2, 0.25) is 5.78 Å². The maximum Gasteiger partial charge on any atom is 0.302 e. The molecule has 1 saturated heterocycles. The number of Topliss-reactive ketones (excluding diaryl/α,β-unsaturated/α-hetero) is 1. The molecule has 0 amide bonds. The lowest BCUT2D eigenvalue weighted by Gasteiger charge is -2.35. The second kappa shape index (κ2) is 9.10. The van der Waals surface area contributed by atoms with Crippen molar-refractivity contribution in [2.24, 2.45) is 0 Å². The number of fused-ring (bicyclic) bond motifs is 1. The summed E-state index contributed by atoms with van der Waals surface area (Å²) < 4.78 is 43.6. The van der Waals surface area contributed by atoms with E-state index in [0.717, 1.165) is 0 Å². The molecular weight excluding hydrogens is 508 g/mol. The van der Waals surface area contributed by atoms with E-state index in [-0.39, 0.29) is 22.8 Å². The Bertz CT molecular complexity index is 1390. The van der Waals surface area contributed by atoms with Gasteiger partial charge in [-0.15, -0.1) is 0 Å². The van der Waals surface area contributed by atoms with E-state index < -0.39 is 57.6 Å². The molecular formula is C25H22O11S. The Morgan fingerprint density at radius 3 is 2.00 bits per heavy atom. The molecule has 194 valence electrons. The van der Waals surface area contributed by atoms with Gasteiger partial charge >= 0.3 is 10.1 Å². The standard InChI is InChI=1S/C25H22O11S/c26-12-19-20(29)21(30)22(31)24(35-19)34-18-3-1-2-17-23(18)37(32,33)36-25(17,13-4-8-15(27)9-5-13)14-6-10-16(28)11-7-14/h1-11,19-21,24,26-30H,12H2/t19-,20+,21+,24?/m1/s1. The number of ketones is 1. The largest absolute Gasteiger partial charge is 0.508 e. The summed E-state index contributed by atoms with van der Waals surface area (Å²) in [6.45, 7) is -0.732. The molecule has 3 aromatic carbocycles. The minimum Gasteiger partial charge on any atom is -0.508 e. The molecule has 0 aromatic heterocycles. The van der Waals surface area contributed by atoms with Crippen LogP contribution in [0.5, 0.6) is 17.2 Å². The van der Waals surface area contributed by atoms with Crippen molar-refractivity contribution in [2.45, 2.75) is 35.1 Å². The van der Waals surface area contributed by atoms with Gasteiger partial charge in [0.25, 0.3) is 6.29 Å². The highest BCUT2D eigenvalue weighted by molar-refractivity contribution is 7.87. The SMILES string of the molecule is O=C1C(Oc2cccc3c2S(=O)(=O)OC3(c2ccc(O)cc2)c2ccc(O)cc2)O[C@H](CO)[C@H](O)[C@@H]1O. The molecule has 0 spiro atoms. The maximum absolute atomic E-state index is 13.5. The van der Waals surface area contributed by atoms with Crippen LogP contribution in [0.2, 0.25) is 0 Å². The van der Waals surface area contributed by atoms with Crippen LogP contribution in [0.15, 0.2) is 71.6 Å². The predicted molar refractivity (Wildman–Crippen MR) is 124 cm³/mol. The molecule has 3 aromatic rings. The molecule has 4 atom stereocenters. The van der Waals surface area contributed by atoms with E-state index in [1.54, 1.807) is 0 Å². The maximum atomic E-state index is 13.5. The van der Waals surface area contributed by atoms with Crippen molar-refractivity contribution in [1.29, 1.82) is 0 Å².